The Hall–Kier alpha value is -2.07. The van der Waals surface area contributed by atoms with Gasteiger partial charge in [0.05, 0.1) is 2.74 Å². The molecule has 0 amide bonds. The first-order valence-corrected chi connectivity index (χ1v) is 5.48. The second-order valence-electron chi connectivity index (χ2n) is 4.67. The molecule has 4 heteroatoms. The van der Waals surface area contributed by atoms with Crippen molar-refractivity contribution in [2.75, 3.05) is 0 Å². The second kappa shape index (κ2) is 3.46. The third-order valence-electron chi connectivity index (χ3n) is 2.64. The molecule has 0 saturated heterocycles. The van der Waals surface area contributed by atoms with Gasteiger partial charge in [-0.05, 0) is 32.0 Å². The summed E-state index contributed by atoms with van der Waals surface area (Å²) in [6, 6.07) is 4.35. The summed E-state index contributed by atoms with van der Waals surface area (Å²) >= 11 is 0. The highest BCUT2D eigenvalue weighted by atomic mass is 16.4. The van der Waals surface area contributed by atoms with Crippen molar-refractivity contribution < 1.29 is 16.7 Å². The van der Waals surface area contributed by atoms with Gasteiger partial charge in [0.2, 0.25) is 0 Å². The third-order valence-corrected chi connectivity index (χ3v) is 2.64. The molecule has 0 aliphatic heterocycles. The number of rotatable bonds is 1. The average Bonchev–Trinajstić information content (AvgIpc) is 2.69. The zero-order valence-corrected chi connectivity index (χ0v) is 9.90. The minimum absolute atomic E-state index is 0.0362. The van der Waals surface area contributed by atoms with Crippen LogP contribution in [0.2, 0.25) is 0 Å². The van der Waals surface area contributed by atoms with Gasteiger partial charge in [-0.3, -0.25) is 0 Å². The minimum Gasteiger partial charge on any atom is -0.458 e. The maximum atomic E-state index is 11.2. The Morgan fingerprint density at radius 1 is 1.17 bits per heavy atom. The molecule has 2 heterocycles. The van der Waals surface area contributed by atoms with E-state index in [4.69, 9.17) is 11.6 Å². The molecule has 0 aliphatic carbocycles. The molecule has 4 nitrogen and oxygen atoms in total. The van der Waals surface area contributed by atoms with Crippen molar-refractivity contribution in [3.63, 3.8) is 0 Å². The Morgan fingerprint density at radius 3 is 2.61 bits per heavy atom. The number of hydrogen-bond acceptors (Lipinski definition) is 4. The molecule has 0 unspecified atom stereocenters. The number of furan rings is 1. The van der Waals surface area contributed by atoms with Crippen LogP contribution in [-0.4, -0.2) is 5.11 Å². The smallest absolute Gasteiger partial charge is 0.336 e. The van der Waals surface area contributed by atoms with Crippen molar-refractivity contribution in [2.24, 2.45) is 0 Å². The van der Waals surface area contributed by atoms with Crippen LogP contribution in [0.3, 0.4) is 0 Å². The molecular weight excluding hydrogens is 232 g/mol. The van der Waals surface area contributed by atoms with E-state index in [0.29, 0.717) is 10.8 Å². The third kappa shape index (κ3) is 1.71. The van der Waals surface area contributed by atoms with E-state index in [1.54, 1.807) is 6.07 Å². The van der Waals surface area contributed by atoms with Gasteiger partial charge in [-0.15, -0.1) is 0 Å². The van der Waals surface area contributed by atoms with Crippen LogP contribution in [0, 0.1) is 0 Å². The highest BCUT2D eigenvalue weighted by Gasteiger charge is 2.21. The first kappa shape index (κ1) is 8.94. The lowest BCUT2D eigenvalue weighted by molar-refractivity contribution is 0.0559. The van der Waals surface area contributed by atoms with Crippen LogP contribution in [0.15, 0.2) is 43.9 Å². The van der Waals surface area contributed by atoms with E-state index in [0.717, 1.165) is 0 Å². The van der Waals surface area contributed by atoms with Crippen molar-refractivity contribution in [3.05, 3.63) is 46.5 Å². The van der Waals surface area contributed by atoms with Gasteiger partial charge in [-0.2, -0.15) is 0 Å². The number of benzene rings is 1. The molecule has 1 N–H and O–H groups in total. The molecule has 0 radical (unpaired) electrons. The number of fused-ring (bicyclic) bond motifs is 2. The lowest BCUT2D eigenvalue weighted by Gasteiger charge is -2.12. The normalized spacial score (nSPS) is 13.9. The van der Waals surface area contributed by atoms with Crippen molar-refractivity contribution in [1.29, 1.82) is 0 Å². The Kier molecular flexibility index (Phi) is 1.72. The van der Waals surface area contributed by atoms with E-state index >= 15 is 0 Å². The van der Waals surface area contributed by atoms with Crippen LogP contribution >= 0.6 is 0 Å². The SMILES string of the molecule is [2H]c1c(C(C)(C)O)oc2c([2H])c3oc(=O)ccc3cc12. The van der Waals surface area contributed by atoms with Crippen LogP contribution in [-0.2, 0) is 5.60 Å². The first-order chi connectivity index (χ1) is 9.29. The Morgan fingerprint density at radius 2 is 1.89 bits per heavy atom. The maximum Gasteiger partial charge on any atom is 0.336 e. The van der Waals surface area contributed by atoms with E-state index in [1.807, 2.05) is 0 Å². The standard InChI is InChI=1S/C14H12O4/c1-14(2,16)12-6-9-5-8-3-4-13(15)18-10(8)7-11(9)17-12/h3-7,16H,1-2H3/i6D,7D. The summed E-state index contributed by atoms with van der Waals surface area (Å²) in [5.74, 6) is 0.0821. The van der Waals surface area contributed by atoms with Gasteiger partial charge < -0.3 is 13.9 Å². The fourth-order valence-electron chi connectivity index (χ4n) is 1.73. The van der Waals surface area contributed by atoms with Gasteiger partial charge >= 0.3 is 5.63 Å². The Labute approximate surface area is 105 Å². The van der Waals surface area contributed by atoms with Crippen LogP contribution < -0.4 is 5.63 Å². The van der Waals surface area contributed by atoms with Crippen molar-refractivity contribution >= 4 is 21.9 Å². The van der Waals surface area contributed by atoms with Gasteiger partial charge in [0.25, 0.3) is 0 Å². The molecule has 92 valence electrons. The van der Waals surface area contributed by atoms with Crippen molar-refractivity contribution in [2.45, 2.75) is 19.4 Å². The summed E-state index contributed by atoms with van der Waals surface area (Å²) in [7, 11) is 0. The summed E-state index contributed by atoms with van der Waals surface area (Å²) in [5.41, 5.74) is -1.63. The largest absolute Gasteiger partial charge is 0.458 e. The summed E-state index contributed by atoms with van der Waals surface area (Å²) in [6.45, 7) is 3.01. The molecule has 1 aromatic carbocycles. The van der Waals surface area contributed by atoms with E-state index in [9.17, 15) is 9.90 Å². The molecule has 0 bridgehead atoms. The zero-order valence-electron chi connectivity index (χ0n) is 11.9. The molecule has 0 saturated carbocycles. The van der Waals surface area contributed by atoms with Crippen molar-refractivity contribution in [3.8, 4) is 0 Å². The van der Waals surface area contributed by atoms with E-state index in [-0.39, 0.29) is 29.0 Å². The van der Waals surface area contributed by atoms with Gasteiger partial charge in [-0.1, -0.05) is 0 Å². The summed E-state index contributed by atoms with van der Waals surface area (Å²) in [4.78, 5) is 11.2. The molecule has 0 aliphatic rings. The topological polar surface area (TPSA) is 63.6 Å². The van der Waals surface area contributed by atoms with Gasteiger partial charge in [0.1, 0.15) is 22.5 Å². The summed E-state index contributed by atoms with van der Waals surface area (Å²) in [6.07, 6.45) is 0. The molecule has 3 rings (SSSR count). The van der Waals surface area contributed by atoms with Gasteiger partial charge in [0, 0.05) is 22.9 Å². The first-order valence-electron chi connectivity index (χ1n) is 6.48. The minimum atomic E-state index is -1.32. The van der Waals surface area contributed by atoms with Crippen LogP contribution in [0.5, 0.6) is 0 Å². The second-order valence-corrected chi connectivity index (χ2v) is 4.67. The number of hydrogen-bond donors (Lipinski definition) is 1. The quantitative estimate of drug-likeness (QED) is 0.670. The Bertz CT molecular complexity index is 884. The summed E-state index contributed by atoms with van der Waals surface area (Å²) < 4.78 is 26.6. The van der Waals surface area contributed by atoms with Crippen LogP contribution in [0.4, 0.5) is 0 Å². The monoisotopic (exact) mass is 246 g/mol. The predicted molar refractivity (Wildman–Crippen MR) is 67.5 cm³/mol. The van der Waals surface area contributed by atoms with Crippen molar-refractivity contribution in [1.82, 2.24) is 0 Å². The maximum absolute atomic E-state index is 11.2. The molecule has 2 aromatic heterocycles. The van der Waals surface area contributed by atoms with E-state index < -0.39 is 11.2 Å². The molecule has 0 spiro atoms. The number of aliphatic hydroxyl groups is 1. The highest BCUT2D eigenvalue weighted by Crippen LogP contribution is 2.30. The van der Waals surface area contributed by atoms with Gasteiger partial charge in [0.15, 0.2) is 0 Å². The fraction of sp³-hybridized carbons (Fsp3) is 0.214. The fourth-order valence-corrected chi connectivity index (χ4v) is 1.73. The molecular formula is C14H12O4. The lowest BCUT2D eigenvalue weighted by atomic mass is 10.1. The highest BCUT2D eigenvalue weighted by molar-refractivity contribution is 5.93. The van der Waals surface area contributed by atoms with Crippen LogP contribution in [0.1, 0.15) is 22.3 Å². The van der Waals surface area contributed by atoms with Crippen LogP contribution in [0.25, 0.3) is 21.9 Å². The summed E-state index contributed by atoms with van der Waals surface area (Å²) in [5, 5.41) is 10.9. The van der Waals surface area contributed by atoms with Gasteiger partial charge in [-0.25, -0.2) is 4.79 Å². The van der Waals surface area contributed by atoms with E-state index in [1.165, 1.54) is 26.0 Å². The molecule has 0 fully saturated rings. The van der Waals surface area contributed by atoms with E-state index in [2.05, 4.69) is 0 Å². The Balaban J connectivity index is 2.50. The molecule has 18 heavy (non-hydrogen) atoms. The predicted octanol–water partition coefficient (Wildman–Crippen LogP) is 2.77. The molecule has 3 aromatic rings. The molecule has 0 atom stereocenters. The lowest BCUT2D eigenvalue weighted by Crippen LogP contribution is -2.13. The zero-order chi connectivity index (χ0) is 14.7. The average molecular weight is 246 g/mol.